The van der Waals surface area contributed by atoms with Crippen molar-refractivity contribution in [2.75, 3.05) is 23.4 Å². The van der Waals surface area contributed by atoms with Crippen molar-refractivity contribution >= 4 is 17.4 Å². The van der Waals surface area contributed by atoms with Crippen molar-refractivity contribution in [2.24, 2.45) is 0 Å². The van der Waals surface area contributed by atoms with Crippen LogP contribution in [0.5, 0.6) is 0 Å². The Morgan fingerprint density at radius 2 is 2.00 bits per heavy atom. The number of hydrogen-bond acceptors (Lipinski definition) is 6. The largest absolute Gasteiger partial charge is 0.374 e. The monoisotopic (exact) mass is 407 g/mol. The van der Waals surface area contributed by atoms with E-state index in [0.717, 1.165) is 29.3 Å². The Morgan fingerprint density at radius 1 is 1.20 bits per heavy atom. The molecular weight excluding hydrogens is 385 g/mol. The standard InChI is InChI=1S/C22H22FN5O2/c1-14-6-7-17(11-18(14)21-25-12-16(23)13-26-21)27-22(29)20-15(2)30-10-9-28(20)19-5-3-4-8-24-19/h3-8,11-13,15,20H,9-10H2,1-2H3,(H,27,29)/t15-,20-/m1/s1. The predicted octanol–water partition coefficient (Wildman–Crippen LogP) is 3.22. The number of hydrogen-bond donors (Lipinski definition) is 1. The van der Waals surface area contributed by atoms with E-state index in [9.17, 15) is 9.18 Å². The number of pyridine rings is 1. The van der Waals surface area contributed by atoms with Gasteiger partial charge in [-0.25, -0.2) is 19.3 Å². The van der Waals surface area contributed by atoms with Crippen LogP contribution in [-0.2, 0) is 9.53 Å². The van der Waals surface area contributed by atoms with Crippen molar-refractivity contribution in [3.05, 3.63) is 66.4 Å². The van der Waals surface area contributed by atoms with Gasteiger partial charge in [0.05, 0.1) is 25.1 Å². The SMILES string of the molecule is Cc1ccc(NC(=O)[C@H]2[C@@H](C)OCCN2c2ccccn2)cc1-c1ncc(F)cn1. The average Bonchev–Trinajstić information content (AvgIpc) is 2.76. The summed E-state index contributed by atoms with van der Waals surface area (Å²) in [6.45, 7) is 4.89. The predicted molar refractivity (Wildman–Crippen MR) is 112 cm³/mol. The van der Waals surface area contributed by atoms with E-state index in [2.05, 4.69) is 20.3 Å². The molecule has 0 saturated carbocycles. The van der Waals surface area contributed by atoms with Crippen LogP contribution in [0.25, 0.3) is 11.4 Å². The maximum absolute atomic E-state index is 13.2. The molecule has 0 unspecified atom stereocenters. The molecule has 0 bridgehead atoms. The highest BCUT2D eigenvalue weighted by Gasteiger charge is 2.36. The number of amides is 1. The smallest absolute Gasteiger partial charge is 0.249 e. The van der Waals surface area contributed by atoms with Crippen LogP contribution in [0, 0.1) is 12.7 Å². The summed E-state index contributed by atoms with van der Waals surface area (Å²) in [5.74, 6) is 0.441. The van der Waals surface area contributed by atoms with Gasteiger partial charge in [0.2, 0.25) is 5.91 Å². The van der Waals surface area contributed by atoms with Gasteiger partial charge in [-0.2, -0.15) is 0 Å². The van der Waals surface area contributed by atoms with E-state index in [0.29, 0.717) is 24.7 Å². The summed E-state index contributed by atoms with van der Waals surface area (Å²) in [5, 5.41) is 2.97. The number of nitrogens with zero attached hydrogens (tertiary/aromatic N) is 4. The number of carbonyl (C=O) groups excluding carboxylic acids is 1. The number of anilines is 2. The van der Waals surface area contributed by atoms with Gasteiger partial charge in [0.1, 0.15) is 11.9 Å². The van der Waals surface area contributed by atoms with Gasteiger partial charge in [-0.3, -0.25) is 4.79 Å². The summed E-state index contributed by atoms with van der Waals surface area (Å²) < 4.78 is 18.9. The Kier molecular flexibility index (Phi) is 5.67. The lowest BCUT2D eigenvalue weighted by atomic mass is 10.1. The van der Waals surface area contributed by atoms with Gasteiger partial charge < -0.3 is 15.0 Å². The summed E-state index contributed by atoms with van der Waals surface area (Å²) in [6, 6.07) is 10.6. The summed E-state index contributed by atoms with van der Waals surface area (Å²) in [5.41, 5.74) is 2.25. The van der Waals surface area contributed by atoms with Crippen molar-refractivity contribution in [3.63, 3.8) is 0 Å². The van der Waals surface area contributed by atoms with E-state index >= 15 is 0 Å². The summed E-state index contributed by atoms with van der Waals surface area (Å²) in [6.07, 6.45) is 3.66. The molecule has 1 aliphatic heterocycles. The molecule has 3 heterocycles. The molecule has 3 aromatic rings. The normalized spacial score (nSPS) is 18.8. The summed E-state index contributed by atoms with van der Waals surface area (Å²) >= 11 is 0. The molecule has 7 nitrogen and oxygen atoms in total. The highest BCUT2D eigenvalue weighted by molar-refractivity contribution is 5.98. The topological polar surface area (TPSA) is 80.2 Å². The summed E-state index contributed by atoms with van der Waals surface area (Å²) in [7, 11) is 0. The average molecular weight is 407 g/mol. The number of rotatable bonds is 4. The molecule has 1 aliphatic rings. The zero-order valence-electron chi connectivity index (χ0n) is 16.7. The molecule has 8 heteroatoms. The van der Waals surface area contributed by atoms with Crippen LogP contribution in [0.4, 0.5) is 15.9 Å². The first kappa shape index (κ1) is 19.9. The Balaban J connectivity index is 1.59. The number of benzene rings is 1. The summed E-state index contributed by atoms with van der Waals surface area (Å²) in [4.78, 5) is 27.6. The lowest BCUT2D eigenvalue weighted by Crippen LogP contribution is -2.56. The minimum atomic E-state index is -0.527. The number of carbonyl (C=O) groups is 1. The quantitative estimate of drug-likeness (QED) is 0.715. The van der Waals surface area contributed by atoms with Gasteiger partial charge in [-0.05, 0) is 43.7 Å². The highest BCUT2D eigenvalue weighted by atomic mass is 19.1. The van der Waals surface area contributed by atoms with E-state index in [-0.39, 0.29) is 12.0 Å². The number of nitrogens with one attached hydrogen (secondary N) is 1. The van der Waals surface area contributed by atoms with Crippen LogP contribution in [0.15, 0.2) is 55.0 Å². The lowest BCUT2D eigenvalue weighted by molar-refractivity contribution is -0.122. The van der Waals surface area contributed by atoms with Crippen LogP contribution < -0.4 is 10.2 Å². The Hall–Kier alpha value is -3.39. The second kappa shape index (κ2) is 8.54. The van der Waals surface area contributed by atoms with Gasteiger partial charge in [0.25, 0.3) is 0 Å². The minimum absolute atomic E-state index is 0.192. The van der Waals surface area contributed by atoms with Gasteiger partial charge in [-0.15, -0.1) is 0 Å². The van der Waals surface area contributed by atoms with E-state index < -0.39 is 11.9 Å². The third kappa shape index (κ3) is 4.13. The first-order valence-electron chi connectivity index (χ1n) is 9.71. The number of ether oxygens (including phenoxy) is 1. The molecule has 30 heavy (non-hydrogen) atoms. The second-order valence-electron chi connectivity index (χ2n) is 7.15. The molecule has 4 rings (SSSR count). The van der Waals surface area contributed by atoms with Crippen LogP contribution >= 0.6 is 0 Å². The lowest BCUT2D eigenvalue weighted by Gasteiger charge is -2.39. The Labute approximate surface area is 174 Å². The number of aromatic nitrogens is 3. The fourth-order valence-electron chi connectivity index (χ4n) is 3.56. The van der Waals surface area contributed by atoms with E-state index in [1.54, 1.807) is 12.3 Å². The molecule has 154 valence electrons. The fourth-order valence-corrected chi connectivity index (χ4v) is 3.56. The molecule has 0 radical (unpaired) electrons. The maximum atomic E-state index is 13.2. The van der Waals surface area contributed by atoms with Gasteiger partial charge >= 0.3 is 0 Å². The molecule has 0 spiro atoms. The number of morpholine rings is 1. The van der Waals surface area contributed by atoms with Crippen LogP contribution in [-0.4, -0.2) is 46.2 Å². The van der Waals surface area contributed by atoms with Crippen molar-refractivity contribution in [2.45, 2.75) is 26.0 Å². The molecule has 1 aromatic carbocycles. The fraction of sp³-hybridized carbons (Fsp3) is 0.273. The minimum Gasteiger partial charge on any atom is -0.374 e. The zero-order valence-corrected chi connectivity index (χ0v) is 16.7. The van der Waals surface area contributed by atoms with E-state index in [4.69, 9.17) is 4.74 Å². The molecule has 2 aromatic heterocycles. The molecule has 1 saturated heterocycles. The van der Waals surface area contributed by atoms with Crippen molar-refractivity contribution in [1.82, 2.24) is 15.0 Å². The van der Waals surface area contributed by atoms with Crippen molar-refractivity contribution < 1.29 is 13.9 Å². The molecule has 1 amide bonds. The molecule has 2 atom stereocenters. The van der Waals surface area contributed by atoms with Crippen molar-refractivity contribution in [3.8, 4) is 11.4 Å². The van der Waals surface area contributed by atoms with Gasteiger partial charge in [0, 0.05) is 24.0 Å². The third-order valence-electron chi connectivity index (χ3n) is 5.07. The highest BCUT2D eigenvalue weighted by Crippen LogP contribution is 2.26. The van der Waals surface area contributed by atoms with E-state index in [1.807, 2.05) is 49.1 Å². The Morgan fingerprint density at radius 3 is 2.73 bits per heavy atom. The number of halogens is 1. The zero-order chi connectivity index (χ0) is 21.1. The first-order chi connectivity index (χ1) is 14.5. The van der Waals surface area contributed by atoms with E-state index in [1.165, 1.54) is 0 Å². The van der Waals surface area contributed by atoms with Crippen LogP contribution in [0.3, 0.4) is 0 Å². The van der Waals surface area contributed by atoms with Gasteiger partial charge in [0.15, 0.2) is 11.6 Å². The molecule has 0 aliphatic carbocycles. The third-order valence-corrected chi connectivity index (χ3v) is 5.07. The Bertz CT molecular complexity index is 1030. The second-order valence-corrected chi connectivity index (χ2v) is 7.15. The van der Waals surface area contributed by atoms with Crippen LogP contribution in [0.2, 0.25) is 0 Å². The van der Waals surface area contributed by atoms with Crippen molar-refractivity contribution in [1.29, 1.82) is 0 Å². The number of aryl methyl sites for hydroxylation is 1. The molecule has 1 N–H and O–H groups in total. The molecular formula is C22H22FN5O2. The molecule has 1 fully saturated rings. The van der Waals surface area contributed by atoms with Gasteiger partial charge in [-0.1, -0.05) is 12.1 Å². The first-order valence-corrected chi connectivity index (χ1v) is 9.71. The van der Waals surface area contributed by atoms with Crippen LogP contribution in [0.1, 0.15) is 12.5 Å². The maximum Gasteiger partial charge on any atom is 0.249 e.